The lowest BCUT2D eigenvalue weighted by atomic mass is 10.1. The van der Waals surface area contributed by atoms with Crippen molar-refractivity contribution in [3.8, 4) is 0 Å². The van der Waals surface area contributed by atoms with Crippen molar-refractivity contribution in [1.29, 1.82) is 0 Å². The fourth-order valence-corrected chi connectivity index (χ4v) is 1.73. The fourth-order valence-electron chi connectivity index (χ4n) is 1.73. The van der Waals surface area contributed by atoms with Crippen LogP contribution in [0.1, 0.15) is 13.8 Å². The molecule has 86 valence electrons. The average molecular weight is 217 g/mol. The van der Waals surface area contributed by atoms with Gasteiger partial charge in [-0.3, -0.25) is 0 Å². The van der Waals surface area contributed by atoms with Gasteiger partial charge in [0.25, 0.3) is 0 Å². The summed E-state index contributed by atoms with van der Waals surface area (Å²) in [6.45, 7) is 4.05. The minimum absolute atomic E-state index is 0.167. The second-order valence-electron chi connectivity index (χ2n) is 4.21. The van der Waals surface area contributed by atoms with Gasteiger partial charge in [-0.1, -0.05) is 0 Å². The van der Waals surface area contributed by atoms with E-state index in [1.807, 2.05) is 0 Å². The van der Waals surface area contributed by atoms with Crippen molar-refractivity contribution in [2.75, 3.05) is 13.2 Å². The van der Waals surface area contributed by atoms with E-state index in [1.165, 1.54) is 0 Å². The number of aliphatic hydroxyl groups excluding tert-OH is 1. The molecular formula is C9H15NO5. The summed E-state index contributed by atoms with van der Waals surface area (Å²) in [6.07, 6.45) is -1.73. The zero-order valence-corrected chi connectivity index (χ0v) is 8.73. The first-order valence-corrected chi connectivity index (χ1v) is 4.91. The van der Waals surface area contributed by atoms with Gasteiger partial charge in [0.2, 0.25) is 0 Å². The molecule has 0 unspecified atom stereocenters. The number of alkyl carbamates (subject to hydrolysis) is 1. The van der Waals surface area contributed by atoms with Crippen LogP contribution in [0.15, 0.2) is 0 Å². The number of aliphatic hydroxyl groups is 1. The summed E-state index contributed by atoms with van der Waals surface area (Å²) < 4.78 is 15.5. The second-order valence-corrected chi connectivity index (χ2v) is 4.21. The Balaban J connectivity index is 1.91. The molecule has 15 heavy (non-hydrogen) atoms. The highest BCUT2D eigenvalue weighted by atomic mass is 16.7. The summed E-state index contributed by atoms with van der Waals surface area (Å²) in [5, 5.41) is 12.4. The molecule has 2 N–H and O–H groups in total. The Morgan fingerprint density at radius 3 is 2.73 bits per heavy atom. The van der Waals surface area contributed by atoms with E-state index in [-0.39, 0.29) is 6.61 Å². The Labute approximate surface area is 87.5 Å². The highest BCUT2D eigenvalue weighted by Crippen LogP contribution is 2.25. The minimum Gasteiger partial charge on any atom is -0.447 e. The molecule has 0 aromatic heterocycles. The normalized spacial score (nSPS) is 36.1. The van der Waals surface area contributed by atoms with Gasteiger partial charge in [0.05, 0.1) is 12.6 Å². The van der Waals surface area contributed by atoms with Gasteiger partial charge in [0.15, 0.2) is 5.79 Å². The van der Waals surface area contributed by atoms with E-state index < -0.39 is 30.1 Å². The maximum atomic E-state index is 10.8. The van der Waals surface area contributed by atoms with E-state index in [0.29, 0.717) is 6.61 Å². The number of rotatable bonds is 2. The molecule has 2 heterocycles. The van der Waals surface area contributed by atoms with E-state index >= 15 is 0 Å². The molecule has 1 amide bonds. The van der Waals surface area contributed by atoms with E-state index in [9.17, 15) is 9.90 Å². The maximum Gasteiger partial charge on any atom is 0.407 e. The molecule has 0 radical (unpaired) electrons. The molecule has 2 aliphatic heterocycles. The molecule has 6 heteroatoms. The first kappa shape index (κ1) is 10.7. The van der Waals surface area contributed by atoms with E-state index in [2.05, 4.69) is 5.32 Å². The third-order valence-electron chi connectivity index (χ3n) is 2.52. The fraction of sp³-hybridized carbons (Fsp3) is 0.889. The zero-order chi connectivity index (χ0) is 11.1. The Hall–Kier alpha value is -0.850. The molecule has 0 saturated carbocycles. The molecular weight excluding hydrogens is 202 g/mol. The van der Waals surface area contributed by atoms with Crippen molar-refractivity contribution in [3.05, 3.63) is 0 Å². The maximum absolute atomic E-state index is 10.8. The van der Waals surface area contributed by atoms with Crippen molar-refractivity contribution >= 4 is 6.09 Å². The molecule has 0 spiro atoms. The summed E-state index contributed by atoms with van der Waals surface area (Å²) in [7, 11) is 0. The van der Waals surface area contributed by atoms with Gasteiger partial charge in [0, 0.05) is 0 Å². The molecule has 0 aromatic rings. The number of carbonyl (C=O) groups excluding carboxylic acids is 1. The van der Waals surface area contributed by atoms with Crippen LogP contribution in [0, 0.1) is 0 Å². The third kappa shape index (κ3) is 2.22. The van der Waals surface area contributed by atoms with Crippen LogP contribution >= 0.6 is 0 Å². The summed E-state index contributed by atoms with van der Waals surface area (Å²) in [4.78, 5) is 10.8. The highest BCUT2D eigenvalue weighted by Gasteiger charge is 2.42. The second kappa shape index (κ2) is 3.62. The van der Waals surface area contributed by atoms with Gasteiger partial charge in [0.1, 0.15) is 18.8 Å². The number of cyclic esters (lactones) is 1. The van der Waals surface area contributed by atoms with Crippen molar-refractivity contribution in [2.45, 2.75) is 37.9 Å². The number of nitrogens with one attached hydrogen (secondary N) is 1. The Morgan fingerprint density at radius 2 is 2.27 bits per heavy atom. The Bertz CT molecular complexity index is 267. The molecule has 6 nitrogen and oxygen atoms in total. The van der Waals surface area contributed by atoms with E-state index in [1.54, 1.807) is 13.8 Å². The molecule has 3 atom stereocenters. The predicted molar refractivity (Wildman–Crippen MR) is 49.2 cm³/mol. The van der Waals surface area contributed by atoms with Gasteiger partial charge in [-0.2, -0.15) is 0 Å². The minimum atomic E-state index is -0.807. The van der Waals surface area contributed by atoms with Crippen LogP contribution in [-0.4, -0.2) is 48.5 Å². The summed E-state index contributed by atoms with van der Waals surface area (Å²) in [6, 6.07) is -0.417. The standard InChI is InChI=1S/C9H15NO5/c1-9(2)14-4-6(15-9)7(11)5-3-13-8(12)10-5/h5-7,11H,3-4H2,1-2H3,(H,10,12)/t5-,6-,7-/m1/s1. The molecule has 2 rings (SSSR count). The number of amides is 1. The quantitative estimate of drug-likeness (QED) is 0.658. The van der Waals surface area contributed by atoms with E-state index in [0.717, 1.165) is 0 Å². The van der Waals surface area contributed by atoms with Crippen LogP contribution in [0.25, 0.3) is 0 Å². The van der Waals surface area contributed by atoms with Crippen molar-refractivity contribution in [1.82, 2.24) is 5.32 Å². The zero-order valence-electron chi connectivity index (χ0n) is 8.73. The van der Waals surface area contributed by atoms with Crippen LogP contribution in [0.4, 0.5) is 4.79 Å². The summed E-state index contributed by atoms with van der Waals surface area (Å²) >= 11 is 0. The van der Waals surface area contributed by atoms with Crippen LogP contribution in [-0.2, 0) is 14.2 Å². The molecule has 0 aliphatic carbocycles. The highest BCUT2D eigenvalue weighted by molar-refractivity contribution is 5.69. The topological polar surface area (TPSA) is 77.0 Å². The van der Waals surface area contributed by atoms with Gasteiger partial charge in [-0.05, 0) is 13.8 Å². The van der Waals surface area contributed by atoms with Gasteiger partial charge < -0.3 is 24.6 Å². The van der Waals surface area contributed by atoms with Crippen LogP contribution in [0.5, 0.6) is 0 Å². The lowest BCUT2D eigenvalue weighted by Gasteiger charge is -2.23. The van der Waals surface area contributed by atoms with Crippen molar-refractivity contribution < 1.29 is 24.1 Å². The molecule has 0 bridgehead atoms. The number of carbonyl (C=O) groups is 1. The molecule has 2 fully saturated rings. The number of hydrogen-bond acceptors (Lipinski definition) is 5. The number of ether oxygens (including phenoxy) is 3. The molecule has 0 aromatic carbocycles. The summed E-state index contributed by atoms with van der Waals surface area (Å²) in [5.41, 5.74) is 0. The summed E-state index contributed by atoms with van der Waals surface area (Å²) in [5.74, 6) is -0.672. The Morgan fingerprint density at radius 1 is 1.53 bits per heavy atom. The molecule has 2 saturated heterocycles. The lowest BCUT2D eigenvalue weighted by Crippen LogP contribution is -2.46. The van der Waals surface area contributed by atoms with Gasteiger partial charge in [-0.25, -0.2) is 4.79 Å². The van der Waals surface area contributed by atoms with E-state index in [4.69, 9.17) is 14.2 Å². The first-order valence-electron chi connectivity index (χ1n) is 4.91. The van der Waals surface area contributed by atoms with Crippen LogP contribution in [0.3, 0.4) is 0 Å². The largest absolute Gasteiger partial charge is 0.447 e. The van der Waals surface area contributed by atoms with Crippen LogP contribution < -0.4 is 5.32 Å². The van der Waals surface area contributed by atoms with Crippen molar-refractivity contribution in [2.24, 2.45) is 0 Å². The SMILES string of the molecule is CC1(C)OC[C@H]([C@H](O)[C@H]2COC(=O)N2)O1. The van der Waals surface area contributed by atoms with Gasteiger partial charge >= 0.3 is 6.09 Å². The Kier molecular flexibility index (Phi) is 2.57. The molecule has 2 aliphatic rings. The predicted octanol–water partition coefficient (Wildman–Crippen LogP) is -0.393. The number of hydrogen-bond donors (Lipinski definition) is 2. The average Bonchev–Trinajstić information content (AvgIpc) is 2.71. The van der Waals surface area contributed by atoms with Gasteiger partial charge in [-0.15, -0.1) is 0 Å². The smallest absolute Gasteiger partial charge is 0.407 e. The third-order valence-corrected chi connectivity index (χ3v) is 2.52. The first-order chi connectivity index (χ1) is 6.98. The van der Waals surface area contributed by atoms with Crippen molar-refractivity contribution in [3.63, 3.8) is 0 Å². The lowest BCUT2D eigenvalue weighted by molar-refractivity contribution is -0.153. The monoisotopic (exact) mass is 217 g/mol. The van der Waals surface area contributed by atoms with Crippen LogP contribution in [0.2, 0.25) is 0 Å².